The van der Waals surface area contributed by atoms with E-state index < -0.39 is 29.7 Å². The lowest BCUT2D eigenvalue weighted by atomic mass is 9.89. The molecule has 0 fully saturated rings. The molecule has 0 radical (unpaired) electrons. The Kier molecular flexibility index (Phi) is 4.73. The van der Waals surface area contributed by atoms with Crippen molar-refractivity contribution in [3.05, 3.63) is 45.3 Å². The molecule has 3 rings (SSSR count). The van der Waals surface area contributed by atoms with Crippen LogP contribution in [0.15, 0.2) is 33.0 Å². The summed E-state index contributed by atoms with van der Waals surface area (Å²) in [5, 5.41) is 19.9. The molecule has 2 heterocycles. The average molecular weight is 374 g/mol. The van der Waals surface area contributed by atoms with Crippen LogP contribution in [0.25, 0.3) is 11.0 Å². The number of carbonyl (C=O) groups is 1. The fourth-order valence-corrected chi connectivity index (χ4v) is 3.04. The van der Waals surface area contributed by atoms with Gasteiger partial charge in [-0.1, -0.05) is 6.08 Å². The Morgan fingerprint density at radius 1 is 1.41 bits per heavy atom. The van der Waals surface area contributed by atoms with Crippen LogP contribution in [0, 0.1) is 0 Å². The Bertz CT molecular complexity index is 998. The predicted octanol–water partition coefficient (Wildman–Crippen LogP) is 2.58. The lowest BCUT2D eigenvalue weighted by Crippen LogP contribution is -2.49. The molecule has 0 spiro atoms. The normalized spacial score (nSPS) is 18.7. The molecule has 1 aromatic carbocycles. The molecule has 1 aromatic heterocycles. The van der Waals surface area contributed by atoms with Crippen molar-refractivity contribution in [3.8, 4) is 11.5 Å². The van der Waals surface area contributed by atoms with Crippen molar-refractivity contribution in [2.24, 2.45) is 0 Å². The summed E-state index contributed by atoms with van der Waals surface area (Å²) in [5.41, 5.74) is -0.355. The van der Waals surface area contributed by atoms with Crippen molar-refractivity contribution in [2.75, 3.05) is 0 Å². The zero-order valence-electron chi connectivity index (χ0n) is 15.7. The molecule has 0 aliphatic carbocycles. The number of benzene rings is 1. The predicted molar refractivity (Wildman–Crippen MR) is 97.8 cm³/mol. The standard InChI is InChI=1S/C20H22O7/c1-5-10(2)19(24)26-16-7-12-14(27-20(16,3)4)8-15-17(18(12)23)13(22)6-11(9-21)25-15/h5-6,8,16,21,23H,7,9H2,1-4H3/b10-5-. The number of esters is 1. The highest BCUT2D eigenvalue weighted by Gasteiger charge is 2.41. The first-order chi connectivity index (χ1) is 12.7. The molecule has 1 aliphatic rings. The lowest BCUT2D eigenvalue weighted by Gasteiger charge is -2.39. The summed E-state index contributed by atoms with van der Waals surface area (Å²) in [6.45, 7) is 6.52. The Hall–Kier alpha value is -2.80. The van der Waals surface area contributed by atoms with Gasteiger partial charge in [0, 0.05) is 29.7 Å². The average Bonchev–Trinajstić information content (AvgIpc) is 2.61. The largest absolute Gasteiger partial charge is 0.507 e. The van der Waals surface area contributed by atoms with Crippen molar-refractivity contribution >= 4 is 16.9 Å². The van der Waals surface area contributed by atoms with Crippen LogP contribution < -0.4 is 10.2 Å². The van der Waals surface area contributed by atoms with Crippen LogP contribution in [-0.2, 0) is 22.6 Å². The van der Waals surface area contributed by atoms with E-state index in [1.54, 1.807) is 33.8 Å². The molecular formula is C20H22O7. The van der Waals surface area contributed by atoms with Crippen molar-refractivity contribution in [2.45, 2.75) is 52.4 Å². The van der Waals surface area contributed by atoms with Gasteiger partial charge in [0.05, 0.1) is 0 Å². The summed E-state index contributed by atoms with van der Waals surface area (Å²) < 4.78 is 17.0. The van der Waals surface area contributed by atoms with Crippen molar-refractivity contribution < 1.29 is 28.9 Å². The maximum absolute atomic E-state index is 12.3. The van der Waals surface area contributed by atoms with Crippen LogP contribution in [0.3, 0.4) is 0 Å². The van der Waals surface area contributed by atoms with E-state index in [2.05, 4.69) is 0 Å². The molecular weight excluding hydrogens is 352 g/mol. The Morgan fingerprint density at radius 2 is 2.11 bits per heavy atom. The minimum Gasteiger partial charge on any atom is -0.507 e. The number of aromatic hydroxyl groups is 1. The number of hydrogen-bond acceptors (Lipinski definition) is 7. The van der Waals surface area contributed by atoms with Crippen LogP contribution in [-0.4, -0.2) is 27.9 Å². The van der Waals surface area contributed by atoms with Crippen LogP contribution in [0.2, 0.25) is 0 Å². The summed E-state index contributed by atoms with van der Waals surface area (Å²) in [7, 11) is 0. The van der Waals surface area contributed by atoms with Gasteiger partial charge in [-0.15, -0.1) is 0 Å². The fourth-order valence-electron chi connectivity index (χ4n) is 3.04. The first-order valence-electron chi connectivity index (χ1n) is 8.63. The second kappa shape index (κ2) is 6.74. The molecule has 2 N–H and O–H groups in total. The summed E-state index contributed by atoms with van der Waals surface area (Å²) in [4.78, 5) is 24.5. The topological polar surface area (TPSA) is 106 Å². The Labute approximate surface area is 155 Å². The highest BCUT2D eigenvalue weighted by molar-refractivity contribution is 5.88. The Balaban J connectivity index is 2.09. The van der Waals surface area contributed by atoms with E-state index in [9.17, 15) is 19.8 Å². The van der Waals surface area contributed by atoms with E-state index in [1.165, 1.54) is 6.07 Å². The van der Waals surface area contributed by atoms with Gasteiger partial charge in [-0.25, -0.2) is 4.79 Å². The zero-order chi connectivity index (χ0) is 19.9. The molecule has 1 unspecified atom stereocenters. The molecule has 1 atom stereocenters. The van der Waals surface area contributed by atoms with Crippen molar-refractivity contribution in [3.63, 3.8) is 0 Å². The highest BCUT2D eigenvalue weighted by Crippen LogP contribution is 2.42. The minimum atomic E-state index is -0.855. The number of phenols is 1. The van der Waals surface area contributed by atoms with E-state index in [0.717, 1.165) is 6.07 Å². The van der Waals surface area contributed by atoms with Gasteiger partial charge in [0.2, 0.25) is 0 Å². The van der Waals surface area contributed by atoms with Gasteiger partial charge in [0.15, 0.2) is 5.43 Å². The number of phenolic OH excluding ortho intramolecular Hbond substituents is 1. The third kappa shape index (κ3) is 3.30. The third-order valence-corrected chi connectivity index (χ3v) is 4.81. The SMILES string of the molecule is C/C=C(/C)C(=O)OC1Cc2c(cc3oc(CO)cc(=O)c3c2O)OC1(C)C. The molecule has 0 saturated heterocycles. The quantitative estimate of drug-likeness (QED) is 0.628. The number of aliphatic hydroxyl groups excluding tert-OH is 1. The monoisotopic (exact) mass is 374 g/mol. The number of fused-ring (bicyclic) bond motifs is 2. The lowest BCUT2D eigenvalue weighted by molar-refractivity contribution is -0.156. The molecule has 1 aliphatic heterocycles. The van der Waals surface area contributed by atoms with Gasteiger partial charge in [-0.05, 0) is 27.7 Å². The third-order valence-electron chi connectivity index (χ3n) is 4.81. The van der Waals surface area contributed by atoms with Crippen LogP contribution in [0.1, 0.15) is 39.0 Å². The molecule has 0 bridgehead atoms. The molecule has 7 nitrogen and oxygen atoms in total. The summed E-state index contributed by atoms with van der Waals surface area (Å²) >= 11 is 0. The first-order valence-corrected chi connectivity index (χ1v) is 8.63. The Morgan fingerprint density at radius 3 is 2.74 bits per heavy atom. The number of hydrogen-bond donors (Lipinski definition) is 2. The fraction of sp³-hybridized carbons (Fsp3) is 0.400. The van der Waals surface area contributed by atoms with Crippen LogP contribution in [0.5, 0.6) is 11.5 Å². The van der Waals surface area contributed by atoms with Gasteiger partial charge in [0.1, 0.15) is 46.5 Å². The van der Waals surface area contributed by atoms with E-state index in [4.69, 9.17) is 13.9 Å². The maximum Gasteiger partial charge on any atom is 0.333 e. The summed E-state index contributed by atoms with van der Waals surface area (Å²) in [6, 6.07) is 2.65. The molecule has 7 heteroatoms. The number of carbonyl (C=O) groups excluding carboxylic acids is 1. The second-order valence-electron chi connectivity index (χ2n) is 7.09. The highest BCUT2D eigenvalue weighted by atomic mass is 16.6. The molecule has 0 saturated carbocycles. The van der Waals surface area contributed by atoms with Crippen LogP contribution >= 0.6 is 0 Å². The van der Waals surface area contributed by atoms with Crippen LogP contribution in [0.4, 0.5) is 0 Å². The van der Waals surface area contributed by atoms with Gasteiger partial charge in [0.25, 0.3) is 0 Å². The number of ether oxygens (including phenoxy) is 2. The van der Waals surface area contributed by atoms with E-state index in [0.29, 0.717) is 16.9 Å². The molecule has 27 heavy (non-hydrogen) atoms. The maximum atomic E-state index is 12.3. The van der Waals surface area contributed by atoms with Crippen molar-refractivity contribution in [1.29, 1.82) is 0 Å². The molecule has 144 valence electrons. The van der Waals surface area contributed by atoms with Gasteiger partial charge < -0.3 is 24.1 Å². The number of allylic oxidation sites excluding steroid dienone is 1. The van der Waals surface area contributed by atoms with Crippen molar-refractivity contribution in [1.82, 2.24) is 0 Å². The summed E-state index contributed by atoms with van der Waals surface area (Å²) in [6.07, 6.45) is 1.19. The van der Waals surface area contributed by atoms with E-state index in [1.807, 2.05) is 0 Å². The molecule has 2 aromatic rings. The van der Waals surface area contributed by atoms with E-state index in [-0.39, 0.29) is 28.9 Å². The zero-order valence-corrected chi connectivity index (χ0v) is 15.7. The van der Waals surface area contributed by atoms with Gasteiger partial charge in [-0.3, -0.25) is 4.79 Å². The van der Waals surface area contributed by atoms with Gasteiger partial charge in [-0.2, -0.15) is 0 Å². The first kappa shape index (κ1) is 19.0. The number of aliphatic hydroxyl groups is 1. The van der Waals surface area contributed by atoms with E-state index >= 15 is 0 Å². The number of rotatable bonds is 3. The minimum absolute atomic E-state index is 0.00367. The molecule has 0 amide bonds. The summed E-state index contributed by atoms with van der Waals surface area (Å²) in [5.74, 6) is -0.288. The van der Waals surface area contributed by atoms with Gasteiger partial charge >= 0.3 is 5.97 Å². The second-order valence-corrected chi connectivity index (χ2v) is 7.09. The smallest absolute Gasteiger partial charge is 0.333 e.